The van der Waals surface area contributed by atoms with Crippen LogP contribution in [0.25, 0.3) is 0 Å². The smallest absolute Gasteiger partial charge is 0.0984 e. The van der Waals surface area contributed by atoms with Gasteiger partial charge in [0.1, 0.15) is 0 Å². The monoisotopic (exact) mass is 228 g/mol. The van der Waals surface area contributed by atoms with Crippen molar-refractivity contribution in [1.29, 1.82) is 0 Å². The van der Waals surface area contributed by atoms with Gasteiger partial charge in [0.2, 0.25) is 0 Å². The van der Waals surface area contributed by atoms with Gasteiger partial charge in [0.15, 0.2) is 0 Å². The van der Waals surface area contributed by atoms with Crippen molar-refractivity contribution in [3.05, 3.63) is 16.1 Å². The van der Waals surface area contributed by atoms with Gasteiger partial charge in [0, 0.05) is 23.8 Å². The predicted molar refractivity (Wildman–Crippen MR) is 64.2 cm³/mol. The van der Waals surface area contributed by atoms with E-state index >= 15 is 0 Å². The zero-order chi connectivity index (χ0) is 11.3. The highest BCUT2D eigenvalue weighted by Gasteiger charge is 2.23. The lowest BCUT2D eigenvalue weighted by Crippen LogP contribution is -2.17. The summed E-state index contributed by atoms with van der Waals surface area (Å²) in [5.41, 5.74) is 6.65. The van der Waals surface area contributed by atoms with Crippen LogP contribution < -0.4 is 5.73 Å². The van der Waals surface area contributed by atoms with E-state index in [-0.39, 0.29) is 12.0 Å². The number of hydrogen-bond acceptors (Lipinski definition) is 4. The molecule has 0 aliphatic rings. The Labute approximate surface area is 95.3 Å². The maximum atomic E-state index is 8.83. The van der Waals surface area contributed by atoms with Crippen molar-refractivity contribution in [1.82, 2.24) is 4.98 Å². The maximum absolute atomic E-state index is 8.83. The van der Waals surface area contributed by atoms with Gasteiger partial charge in [-0.2, -0.15) is 0 Å². The molecule has 0 amide bonds. The van der Waals surface area contributed by atoms with Gasteiger partial charge in [-0.3, -0.25) is 0 Å². The van der Waals surface area contributed by atoms with Crippen LogP contribution in [0.15, 0.2) is 5.38 Å². The number of nitrogens with zero attached hydrogens (tertiary/aromatic N) is 1. The summed E-state index contributed by atoms with van der Waals surface area (Å²) >= 11 is 1.70. The number of aromatic nitrogens is 1. The first-order valence-electron chi connectivity index (χ1n) is 5.36. The maximum Gasteiger partial charge on any atom is 0.0984 e. The molecule has 0 spiro atoms. The second-order valence-corrected chi connectivity index (χ2v) is 5.25. The standard InChI is InChI=1S/C11H20N2OS/c1-11(2,5-3-7-14)10-13-9(4-6-12)8-15-10/h8,14H,3-7,12H2,1-2H3. The molecule has 0 aliphatic carbocycles. The van der Waals surface area contributed by atoms with Crippen molar-refractivity contribution in [3.8, 4) is 0 Å². The van der Waals surface area contributed by atoms with E-state index in [2.05, 4.69) is 24.2 Å². The highest BCUT2D eigenvalue weighted by molar-refractivity contribution is 7.09. The fourth-order valence-electron chi connectivity index (χ4n) is 1.51. The fraction of sp³-hybridized carbons (Fsp3) is 0.727. The summed E-state index contributed by atoms with van der Waals surface area (Å²) in [6, 6.07) is 0. The largest absolute Gasteiger partial charge is 0.396 e. The molecule has 0 aromatic carbocycles. The summed E-state index contributed by atoms with van der Waals surface area (Å²) in [5.74, 6) is 0. The summed E-state index contributed by atoms with van der Waals surface area (Å²) < 4.78 is 0. The third kappa shape index (κ3) is 3.55. The fourth-order valence-corrected chi connectivity index (χ4v) is 2.52. The highest BCUT2D eigenvalue weighted by atomic mass is 32.1. The first-order chi connectivity index (χ1) is 7.10. The molecule has 15 heavy (non-hydrogen) atoms. The molecular formula is C11H20N2OS. The highest BCUT2D eigenvalue weighted by Crippen LogP contribution is 2.30. The molecule has 1 aromatic heterocycles. The van der Waals surface area contributed by atoms with Crippen LogP contribution in [0.4, 0.5) is 0 Å². The van der Waals surface area contributed by atoms with E-state index in [0.29, 0.717) is 6.54 Å². The Morgan fingerprint density at radius 3 is 2.87 bits per heavy atom. The quantitative estimate of drug-likeness (QED) is 0.779. The lowest BCUT2D eigenvalue weighted by atomic mass is 9.89. The number of rotatable bonds is 6. The minimum Gasteiger partial charge on any atom is -0.396 e. The minimum absolute atomic E-state index is 0.0697. The van der Waals surface area contributed by atoms with E-state index in [1.54, 1.807) is 11.3 Å². The van der Waals surface area contributed by atoms with Crippen LogP contribution in [0.3, 0.4) is 0 Å². The van der Waals surface area contributed by atoms with Gasteiger partial charge in [0.05, 0.1) is 10.7 Å². The van der Waals surface area contributed by atoms with Crippen LogP contribution in [0, 0.1) is 0 Å². The van der Waals surface area contributed by atoms with Gasteiger partial charge in [-0.05, 0) is 19.4 Å². The summed E-state index contributed by atoms with van der Waals surface area (Å²) in [6.07, 6.45) is 2.66. The number of nitrogens with two attached hydrogens (primary N) is 1. The lowest BCUT2D eigenvalue weighted by Gasteiger charge is -2.21. The van der Waals surface area contributed by atoms with Crippen LogP contribution in [0.2, 0.25) is 0 Å². The summed E-state index contributed by atoms with van der Waals surface area (Å²) in [6.45, 7) is 5.26. The van der Waals surface area contributed by atoms with Gasteiger partial charge >= 0.3 is 0 Å². The van der Waals surface area contributed by atoms with Crippen molar-refractivity contribution in [2.45, 2.75) is 38.5 Å². The van der Waals surface area contributed by atoms with Crippen LogP contribution in [0.5, 0.6) is 0 Å². The predicted octanol–water partition coefficient (Wildman–Crippen LogP) is 1.69. The van der Waals surface area contributed by atoms with Crippen LogP contribution in [-0.4, -0.2) is 23.2 Å². The molecule has 0 saturated carbocycles. The number of aliphatic hydroxyl groups excluding tert-OH is 1. The average molecular weight is 228 g/mol. The number of hydrogen-bond donors (Lipinski definition) is 2. The van der Waals surface area contributed by atoms with Crippen molar-refractivity contribution in [2.24, 2.45) is 5.73 Å². The molecule has 0 atom stereocenters. The van der Waals surface area contributed by atoms with Crippen molar-refractivity contribution in [2.75, 3.05) is 13.2 Å². The zero-order valence-electron chi connectivity index (χ0n) is 9.49. The molecule has 3 N–H and O–H groups in total. The molecule has 1 rings (SSSR count). The van der Waals surface area contributed by atoms with Gasteiger partial charge in [-0.25, -0.2) is 4.98 Å². The van der Waals surface area contributed by atoms with Gasteiger partial charge in [-0.1, -0.05) is 13.8 Å². The Hall–Kier alpha value is -0.450. The molecular weight excluding hydrogens is 208 g/mol. The molecule has 1 heterocycles. The van der Waals surface area contributed by atoms with Crippen LogP contribution in [-0.2, 0) is 11.8 Å². The topological polar surface area (TPSA) is 59.1 Å². The van der Waals surface area contributed by atoms with E-state index in [4.69, 9.17) is 10.8 Å². The van der Waals surface area contributed by atoms with Crippen LogP contribution >= 0.6 is 11.3 Å². The Balaban J connectivity index is 2.67. The number of aliphatic hydroxyl groups is 1. The second-order valence-electron chi connectivity index (χ2n) is 4.39. The zero-order valence-corrected chi connectivity index (χ0v) is 10.3. The molecule has 0 saturated heterocycles. The van der Waals surface area contributed by atoms with Crippen LogP contribution in [0.1, 0.15) is 37.4 Å². The third-order valence-corrected chi connectivity index (χ3v) is 3.75. The Kier molecular flexibility index (Phi) is 4.70. The first-order valence-corrected chi connectivity index (χ1v) is 6.24. The normalized spacial score (nSPS) is 12.0. The third-order valence-electron chi connectivity index (χ3n) is 2.49. The Morgan fingerprint density at radius 2 is 2.27 bits per heavy atom. The molecule has 0 radical (unpaired) electrons. The molecule has 1 aromatic rings. The van der Waals surface area contributed by atoms with Crippen molar-refractivity contribution in [3.63, 3.8) is 0 Å². The van der Waals surface area contributed by atoms with E-state index in [9.17, 15) is 0 Å². The molecule has 0 unspecified atom stereocenters. The van der Waals surface area contributed by atoms with Crippen molar-refractivity contribution < 1.29 is 5.11 Å². The summed E-state index contributed by atoms with van der Waals surface area (Å²) in [4.78, 5) is 4.58. The minimum atomic E-state index is 0.0697. The van der Waals surface area contributed by atoms with E-state index < -0.39 is 0 Å². The second kappa shape index (κ2) is 5.58. The Morgan fingerprint density at radius 1 is 1.53 bits per heavy atom. The molecule has 3 nitrogen and oxygen atoms in total. The van der Waals surface area contributed by atoms with Gasteiger partial charge in [-0.15, -0.1) is 11.3 Å². The van der Waals surface area contributed by atoms with Gasteiger partial charge in [0.25, 0.3) is 0 Å². The molecule has 0 fully saturated rings. The summed E-state index contributed by atoms with van der Waals surface area (Å²) in [7, 11) is 0. The molecule has 4 heteroatoms. The SMILES string of the molecule is CC(C)(CCCO)c1nc(CCN)cs1. The van der Waals surface area contributed by atoms with E-state index in [1.807, 2.05) is 0 Å². The van der Waals surface area contributed by atoms with E-state index in [0.717, 1.165) is 30.0 Å². The van der Waals surface area contributed by atoms with Gasteiger partial charge < -0.3 is 10.8 Å². The van der Waals surface area contributed by atoms with Crippen molar-refractivity contribution >= 4 is 11.3 Å². The number of thiazole rings is 1. The van der Waals surface area contributed by atoms with E-state index in [1.165, 1.54) is 0 Å². The lowest BCUT2D eigenvalue weighted by molar-refractivity contribution is 0.268. The summed E-state index contributed by atoms with van der Waals surface area (Å²) in [5, 5.41) is 12.1. The molecule has 86 valence electrons. The molecule has 0 aliphatic heterocycles. The average Bonchev–Trinajstić information content (AvgIpc) is 2.65. The first kappa shape index (κ1) is 12.6. The Bertz CT molecular complexity index is 297. The molecule has 0 bridgehead atoms.